The van der Waals surface area contributed by atoms with Crippen LogP contribution in [0.15, 0.2) is 0 Å². The average molecular weight is 202 g/mol. The van der Waals surface area contributed by atoms with Crippen LogP contribution in [0.2, 0.25) is 0 Å². The van der Waals surface area contributed by atoms with Crippen LogP contribution in [0.4, 0.5) is 0 Å². The van der Waals surface area contributed by atoms with Gasteiger partial charge in [-0.2, -0.15) is 17.0 Å². The molecule has 0 aromatic carbocycles. The van der Waals surface area contributed by atoms with Crippen molar-refractivity contribution in [2.24, 2.45) is 0 Å². The molecule has 3 nitrogen and oxygen atoms in total. The molecule has 4 heteroatoms. The molecule has 0 saturated heterocycles. The van der Waals surface area contributed by atoms with Gasteiger partial charge in [0.25, 0.3) is 0 Å². The summed E-state index contributed by atoms with van der Waals surface area (Å²) in [6.07, 6.45) is 1.06. The maximum atomic E-state index is 8.71. The van der Waals surface area contributed by atoms with E-state index in [1.54, 1.807) is 18.9 Å². The molecular formula is C9H18N2OS. The van der Waals surface area contributed by atoms with E-state index in [0.29, 0.717) is 0 Å². The highest BCUT2D eigenvalue weighted by atomic mass is 32.2. The van der Waals surface area contributed by atoms with Gasteiger partial charge in [-0.1, -0.05) is 6.92 Å². The maximum absolute atomic E-state index is 8.71. The van der Waals surface area contributed by atoms with Gasteiger partial charge in [0.2, 0.25) is 0 Å². The van der Waals surface area contributed by atoms with Gasteiger partial charge in [-0.05, 0) is 18.7 Å². The Kier molecular flexibility index (Phi) is 9.66. The van der Waals surface area contributed by atoms with E-state index >= 15 is 0 Å². The van der Waals surface area contributed by atoms with Crippen molar-refractivity contribution in [1.29, 1.82) is 5.26 Å². The number of nitriles is 1. The Morgan fingerprint density at radius 1 is 1.62 bits per heavy atom. The van der Waals surface area contributed by atoms with Crippen LogP contribution in [0.5, 0.6) is 0 Å². The molecule has 0 aliphatic carbocycles. The van der Waals surface area contributed by atoms with E-state index < -0.39 is 0 Å². The lowest BCUT2D eigenvalue weighted by Gasteiger charge is -2.08. The molecule has 0 aliphatic rings. The van der Waals surface area contributed by atoms with E-state index in [2.05, 4.69) is 11.4 Å². The van der Waals surface area contributed by atoms with Crippen molar-refractivity contribution in [1.82, 2.24) is 5.32 Å². The van der Waals surface area contributed by atoms with E-state index in [-0.39, 0.29) is 6.04 Å². The minimum Gasteiger partial charge on any atom is -0.385 e. The SMILES string of the molecule is CCNC(C#N)CSCCCOC. The first-order valence-electron chi connectivity index (χ1n) is 4.54. The Bertz CT molecular complexity index is 147. The van der Waals surface area contributed by atoms with Gasteiger partial charge in [-0.15, -0.1) is 0 Å². The first-order chi connectivity index (χ1) is 6.35. The van der Waals surface area contributed by atoms with Crippen LogP contribution < -0.4 is 5.32 Å². The van der Waals surface area contributed by atoms with Gasteiger partial charge >= 0.3 is 0 Å². The second-order valence-corrected chi connectivity index (χ2v) is 3.81. The van der Waals surface area contributed by atoms with Gasteiger partial charge in [-0.3, -0.25) is 0 Å². The van der Waals surface area contributed by atoms with Crippen molar-refractivity contribution in [2.75, 3.05) is 31.8 Å². The Balaban J connectivity index is 3.24. The lowest BCUT2D eigenvalue weighted by atomic mass is 10.4. The molecule has 0 aliphatic heterocycles. The summed E-state index contributed by atoms with van der Waals surface area (Å²) in [5, 5.41) is 11.8. The van der Waals surface area contributed by atoms with Gasteiger partial charge in [0, 0.05) is 19.5 Å². The van der Waals surface area contributed by atoms with Gasteiger partial charge in [-0.25, -0.2) is 0 Å². The van der Waals surface area contributed by atoms with E-state index in [1.165, 1.54) is 0 Å². The number of methoxy groups -OCH3 is 1. The predicted molar refractivity (Wildman–Crippen MR) is 56.9 cm³/mol. The molecule has 1 atom stereocenters. The fraction of sp³-hybridized carbons (Fsp3) is 0.889. The highest BCUT2D eigenvalue weighted by molar-refractivity contribution is 7.99. The highest BCUT2D eigenvalue weighted by Gasteiger charge is 2.03. The van der Waals surface area contributed by atoms with Gasteiger partial charge in [0.05, 0.1) is 6.07 Å². The predicted octanol–water partition coefficient (Wildman–Crippen LogP) is 1.26. The van der Waals surface area contributed by atoms with Crippen LogP contribution in [-0.2, 0) is 4.74 Å². The molecule has 0 rings (SSSR count). The second-order valence-electron chi connectivity index (χ2n) is 2.66. The number of ether oxygens (including phenoxy) is 1. The summed E-state index contributed by atoms with van der Waals surface area (Å²) in [7, 11) is 1.71. The van der Waals surface area contributed by atoms with Crippen LogP contribution in [-0.4, -0.2) is 37.8 Å². The molecule has 0 aromatic rings. The zero-order chi connectivity index (χ0) is 9.94. The molecule has 1 unspecified atom stereocenters. The smallest absolute Gasteiger partial charge is 0.104 e. The van der Waals surface area contributed by atoms with Crippen molar-refractivity contribution < 1.29 is 4.74 Å². The third-order valence-corrected chi connectivity index (χ3v) is 2.67. The third kappa shape index (κ3) is 8.10. The molecule has 13 heavy (non-hydrogen) atoms. The highest BCUT2D eigenvalue weighted by Crippen LogP contribution is 2.04. The molecule has 0 aromatic heterocycles. The third-order valence-electron chi connectivity index (χ3n) is 1.53. The van der Waals surface area contributed by atoms with Crippen LogP contribution >= 0.6 is 11.8 Å². The quantitative estimate of drug-likeness (QED) is 0.602. The summed E-state index contributed by atoms with van der Waals surface area (Å²) in [4.78, 5) is 0. The standard InChI is InChI=1S/C9H18N2OS/c1-3-11-9(7-10)8-13-6-4-5-12-2/h9,11H,3-6,8H2,1-2H3. The Morgan fingerprint density at radius 3 is 2.92 bits per heavy atom. The second kappa shape index (κ2) is 9.85. The molecule has 1 N–H and O–H groups in total. The number of hydrogen-bond donors (Lipinski definition) is 1. The summed E-state index contributed by atoms with van der Waals surface area (Å²) in [5.41, 5.74) is 0. The largest absolute Gasteiger partial charge is 0.385 e. The summed E-state index contributed by atoms with van der Waals surface area (Å²) < 4.78 is 4.93. The Hall–Kier alpha value is -0.240. The lowest BCUT2D eigenvalue weighted by Crippen LogP contribution is -2.29. The number of nitrogens with zero attached hydrogens (tertiary/aromatic N) is 1. The monoisotopic (exact) mass is 202 g/mol. The number of nitrogens with one attached hydrogen (secondary N) is 1. The Morgan fingerprint density at radius 2 is 2.38 bits per heavy atom. The van der Waals surface area contributed by atoms with Crippen molar-refractivity contribution in [3.8, 4) is 6.07 Å². The number of rotatable bonds is 8. The van der Waals surface area contributed by atoms with Crippen LogP contribution in [0, 0.1) is 11.3 Å². The molecule has 0 heterocycles. The minimum absolute atomic E-state index is 0.00227. The van der Waals surface area contributed by atoms with Gasteiger partial charge < -0.3 is 10.1 Å². The summed E-state index contributed by atoms with van der Waals surface area (Å²) in [6.45, 7) is 3.68. The number of hydrogen-bond acceptors (Lipinski definition) is 4. The molecule has 0 fully saturated rings. The lowest BCUT2D eigenvalue weighted by molar-refractivity contribution is 0.200. The fourth-order valence-corrected chi connectivity index (χ4v) is 1.81. The molecular weight excluding hydrogens is 184 g/mol. The van der Waals surface area contributed by atoms with Gasteiger partial charge in [0.15, 0.2) is 0 Å². The average Bonchev–Trinajstić information content (AvgIpc) is 2.16. The molecule has 0 bridgehead atoms. The zero-order valence-corrected chi connectivity index (χ0v) is 9.19. The van der Waals surface area contributed by atoms with Crippen molar-refractivity contribution in [3.05, 3.63) is 0 Å². The molecule has 0 spiro atoms. The first kappa shape index (κ1) is 12.8. The van der Waals surface area contributed by atoms with E-state index in [9.17, 15) is 0 Å². The molecule has 76 valence electrons. The Labute approximate surface area is 84.8 Å². The number of thioether (sulfide) groups is 1. The molecule has 0 radical (unpaired) electrons. The first-order valence-corrected chi connectivity index (χ1v) is 5.70. The van der Waals surface area contributed by atoms with Crippen molar-refractivity contribution in [3.63, 3.8) is 0 Å². The summed E-state index contributed by atoms with van der Waals surface area (Å²) in [6, 6.07) is 2.23. The maximum Gasteiger partial charge on any atom is 0.104 e. The summed E-state index contributed by atoms with van der Waals surface area (Å²) in [5.74, 6) is 1.94. The van der Waals surface area contributed by atoms with Crippen LogP contribution in [0.25, 0.3) is 0 Å². The summed E-state index contributed by atoms with van der Waals surface area (Å²) >= 11 is 1.80. The topological polar surface area (TPSA) is 45.0 Å². The van der Waals surface area contributed by atoms with Gasteiger partial charge in [0.1, 0.15) is 6.04 Å². The van der Waals surface area contributed by atoms with Crippen LogP contribution in [0.3, 0.4) is 0 Å². The van der Waals surface area contributed by atoms with Crippen LogP contribution in [0.1, 0.15) is 13.3 Å². The van der Waals surface area contributed by atoms with E-state index in [0.717, 1.165) is 31.1 Å². The molecule has 0 amide bonds. The van der Waals surface area contributed by atoms with E-state index in [4.69, 9.17) is 10.00 Å². The van der Waals surface area contributed by atoms with Crippen molar-refractivity contribution >= 4 is 11.8 Å². The molecule has 0 saturated carbocycles. The van der Waals surface area contributed by atoms with E-state index in [1.807, 2.05) is 6.92 Å². The zero-order valence-electron chi connectivity index (χ0n) is 8.38. The minimum atomic E-state index is -0.00227. The normalized spacial score (nSPS) is 12.4. The fourth-order valence-electron chi connectivity index (χ4n) is 0.895. The van der Waals surface area contributed by atoms with Crippen molar-refractivity contribution in [2.45, 2.75) is 19.4 Å².